The smallest absolute Gasteiger partial charge is 0.162 e. The van der Waals surface area contributed by atoms with Gasteiger partial charge in [0.05, 0.1) is 6.61 Å². The Balaban J connectivity index is 1.74. The molecule has 0 saturated heterocycles. The van der Waals surface area contributed by atoms with E-state index in [4.69, 9.17) is 4.74 Å². The normalized spacial score (nSPS) is 14.6. The van der Waals surface area contributed by atoms with Crippen LogP contribution in [0.3, 0.4) is 0 Å². The first kappa shape index (κ1) is 21.3. The number of ketones is 1. The summed E-state index contributed by atoms with van der Waals surface area (Å²) in [5, 5.41) is 0. The summed E-state index contributed by atoms with van der Waals surface area (Å²) in [7, 11) is 3.98. The average molecular weight is 421 g/mol. The highest BCUT2D eigenvalue weighted by molar-refractivity contribution is 5.96. The fourth-order valence-corrected chi connectivity index (χ4v) is 4.21. The quantitative estimate of drug-likeness (QED) is 0.484. The first-order valence-corrected chi connectivity index (χ1v) is 10.4. The van der Waals surface area contributed by atoms with Crippen molar-refractivity contribution in [2.24, 2.45) is 0 Å². The van der Waals surface area contributed by atoms with E-state index in [1.54, 1.807) is 24.3 Å². The number of nitrogens with zero attached hydrogens (tertiary/aromatic N) is 1. The summed E-state index contributed by atoms with van der Waals surface area (Å²) in [6.07, 6.45) is 1.29. The number of hydrogen-bond donors (Lipinski definition) is 0. The Hall–Kier alpha value is -2.89. The Bertz CT molecular complexity index is 1030. The molecule has 1 aliphatic rings. The molecule has 0 unspecified atom stereocenters. The number of halogens is 2. The van der Waals surface area contributed by atoms with Crippen LogP contribution in [-0.4, -0.2) is 31.3 Å². The Morgan fingerprint density at radius 1 is 0.935 bits per heavy atom. The molecule has 0 aliphatic carbocycles. The number of carbonyl (C=O) groups excluding carboxylic acids is 1. The zero-order valence-corrected chi connectivity index (χ0v) is 17.7. The maximum Gasteiger partial charge on any atom is 0.162 e. The van der Waals surface area contributed by atoms with E-state index in [1.807, 2.05) is 32.3 Å². The van der Waals surface area contributed by atoms with Gasteiger partial charge in [0.1, 0.15) is 17.2 Å². The van der Waals surface area contributed by atoms with Gasteiger partial charge in [-0.05, 0) is 79.6 Å². The largest absolute Gasteiger partial charge is 0.356 e. The lowest BCUT2D eigenvalue weighted by molar-refractivity contribution is 0.0267. The average Bonchev–Trinajstić information content (AvgIpc) is 3.14. The minimum Gasteiger partial charge on any atom is -0.356 e. The number of ether oxygens (including phenoxy) is 1. The molecule has 31 heavy (non-hydrogen) atoms. The van der Waals surface area contributed by atoms with E-state index < -0.39 is 5.60 Å². The molecule has 0 amide bonds. The van der Waals surface area contributed by atoms with Crippen LogP contribution in [0.1, 0.15) is 45.5 Å². The summed E-state index contributed by atoms with van der Waals surface area (Å²) in [6.45, 7) is 1.17. The Morgan fingerprint density at radius 2 is 1.52 bits per heavy atom. The van der Waals surface area contributed by atoms with Gasteiger partial charge in [-0.15, -0.1) is 0 Å². The molecule has 3 nitrogen and oxygen atoms in total. The SMILES string of the molecule is CN(C)CCCC(=O)c1ccc2c(c1)COC2(c1ccc(F)cc1)c1ccc(F)cc1. The minimum atomic E-state index is -0.983. The second kappa shape index (κ2) is 8.69. The summed E-state index contributed by atoms with van der Waals surface area (Å²) in [5.41, 5.74) is 2.98. The van der Waals surface area contributed by atoms with Gasteiger partial charge in [-0.25, -0.2) is 8.78 Å². The zero-order chi connectivity index (χ0) is 22.0. The summed E-state index contributed by atoms with van der Waals surface area (Å²) >= 11 is 0. The van der Waals surface area contributed by atoms with Gasteiger partial charge in [0.2, 0.25) is 0 Å². The third-order valence-corrected chi connectivity index (χ3v) is 5.76. The van der Waals surface area contributed by atoms with E-state index in [0.717, 1.165) is 35.2 Å². The van der Waals surface area contributed by atoms with Crippen molar-refractivity contribution in [2.75, 3.05) is 20.6 Å². The first-order chi connectivity index (χ1) is 14.9. The molecular weight excluding hydrogens is 396 g/mol. The molecule has 0 spiro atoms. The van der Waals surface area contributed by atoms with Crippen LogP contribution < -0.4 is 0 Å². The highest BCUT2D eigenvalue weighted by Gasteiger charge is 2.43. The maximum atomic E-state index is 13.6. The number of fused-ring (bicyclic) bond motifs is 1. The molecule has 3 aromatic carbocycles. The maximum absolute atomic E-state index is 13.6. The lowest BCUT2D eigenvalue weighted by Gasteiger charge is -2.31. The molecule has 0 atom stereocenters. The van der Waals surface area contributed by atoms with Crippen LogP contribution in [0.15, 0.2) is 66.7 Å². The van der Waals surface area contributed by atoms with Crippen LogP contribution in [0.5, 0.6) is 0 Å². The van der Waals surface area contributed by atoms with Crippen molar-refractivity contribution in [3.8, 4) is 0 Å². The molecule has 160 valence electrons. The summed E-state index contributed by atoms with van der Waals surface area (Å²) in [6, 6.07) is 18.0. The van der Waals surface area contributed by atoms with E-state index in [0.29, 0.717) is 18.6 Å². The fourth-order valence-electron chi connectivity index (χ4n) is 4.21. The van der Waals surface area contributed by atoms with Gasteiger partial charge in [0.15, 0.2) is 5.78 Å². The van der Waals surface area contributed by atoms with Crippen LogP contribution in [0, 0.1) is 11.6 Å². The van der Waals surface area contributed by atoms with Crippen LogP contribution >= 0.6 is 0 Å². The Kier molecular flexibility index (Phi) is 5.99. The van der Waals surface area contributed by atoms with Crippen molar-refractivity contribution in [3.05, 3.63) is 106 Å². The van der Waals surface area contributed by atoms with E-state index in [2.05, 4.69) is 4.90 Å². The van der Waals surface area contributed by atoms with E-state index in [9.17, 15) is 13.6 Å². The molecule has 1 aliphatic heterocycles. The van der Waals surface area contributed by atoms with Gasteiger partial charge in [-0.2, -0.15) is 0 Å². The lowest BCUT2D eigenvalue weighted by atomic mass is 9.79. The fraction of sp³-hybridized carbons (Fsp3) is 0.269. The predicted molar refractivity (Wildman–Crippen MR) is 116 cm³/mol. The number of benzene rings is 3. The Morgan fingerprint density at radius 3 is 2.06 bits per heavy atom. The summed E-state index contributed by atoms with van der Waals surface area (Å²) < 4.78 is 33.6. The summed E-state index contributed by atoms with van der Waals surface area (Å²) in [4.78, 5) is 14.7. The molecule has 4 rings (SSSR count). The van der Waals surface area contributed by atoms with Crippen molar-refractivity contribution < 1.29 is 18.3 Å². The molecule has 0 N–H and O–H groups in total. The lowest BCUT2D eigenvalue weighted by Crippen LogP contribution is -2.28. The minimum absolute atomic E-state index is 0.103. The van der Waals surface area contributed by atoms with Crippen molar-refractivity contribution in [1.82, 2.24) is 4.90 Å². The van der Waals surface area contributed by atoms with Crippen molar-refractivity contribution in [2.45, 2.75) is 25.0 Å². The number of hydrogen-bond acceptors (Lipinski definition) is 3. The van der Waals surface area contributed by atoms with Gasteiger partial charge < -0.3 is 9.64 Å². The molecule has 0 radical (unpaired) electrons. The third kappa shape index (κ3) is 4.16. The Labute approximate surface area is 181 Å². The zero-order valence-electron chi connectivity index (χ0n) is 17.7. The first-order valence-electron chi connectivity index (χ1n) is 10.4. The third-order valence-electron chi connectivity index (χ3n) is 5.76. The molecular formula is C26H25F2NO2. The summed E-state index contributed by atoms with van der Waals surface area (Å²) in [5.74, 6) is -0.574. The van der Waals surface area contributed by atoms with Gasteiger partial charge in [0.25, 0.3) is 0 Å². The molecule has 5 heteroatoms. The second-order valence-corrected chi connectivity index (χ2v) is 8.19. The van der Waals surface area contributed by atoms with Crippen LogP contribution in [-0.2, 0) is 16.9 Å². The standard InChI is InChI=1S/C26H25F2NO2/c1-29(2)15-3-4-25(30)18-5-14-24-19(16-18)17-31-26(24,20-6-10-22(27)11-7-20)21-8-12-23(28)13-9-21/h5-14,16H,3-4,15,17H2,1-2H3. The predicted octanol–water partition coefficient (Wildman–Crippen LogP) is 5.31. The molecule has 0 saturated carbocycles. The molecule has 0 aromatic heterocycles. The van der Waals surface area contributed by atoms with Gasteiger partial charge >= 0.3 is 0 Å². The molecule has 1 heterocycles. The number of Topliss-reactive ketones (excluding diaryl/α,β-unsaturated/α-hetero) is 1. The molecule has 3 aromatic rings. The van der Waals surface area contributed by atoms with Crippen LogP contribution in [0.4, 0.5) is 8.78 Å². The van der Waals surface area contributed by atoms with Crippen LogP contribution in [0.25, 0.3) is 0 Å². The van der Waals surface area contributed by atoms with Gasteiger partial charge in [0, 0.05) is 12.0 Å². The van der Waals surface area contributed by atoms with Crippen LogP contribution in [0.2, 0.25) is 0 Å². The van der Waals surface area contributed by atoms with E-state index in [-0.39, 0.29) is 17.4 Å². The number of rotatable bonds is 7. The number of carbonyl (C=O) groups is 1. The van der Waals surface area contributed by atoms with E-state index in [1.165, 1.54) is 24.3 Å². The molecule has 0 bridgehead atoms. The van der Waals surface area contributed by atoms with Gasteiger partial charge in [-0.1, -0.05) is 36.4 Å². The van der Waals surface area contributed by atoms with Crippen molar-refractivity contribution in [3.63, 3.8) is 0 Å². The van der Waals surface area contributed by atoms with Crippen molar-refractivity contribution >= 4 is 5.78 Å². The molecule has 0 fully saturated rings. The highest BCUT2D eigenvalue weighted by Crippen LogP contribution is 2.47. The highest BCUT2D eigenvalue weighted by atomic mass is 19.1. The monoisotopic (exact) mass is 421 g/mol. The topological polar surface area (TPSA) is 29.5 Å². The van der Waals surface area contributed by atoms with Gasteiger partial charge in [-0.3, -0.25) is 4.79 Å². The van der Waals surface area contributed by atoms with Crippen molar-refractivity contribution in [1.29, 1.82) is 0 Å². The second-order valence-electron chi connectivity index (χ2n) is 8.19. The van der Waals surface area contributed by atoms with E-state index >= 15 is 0 Å².